The van der Waals surface area contributed by atoms with E-state index in [9.17, 15) is 9.59 Å². The fourth-order valence-corrected chi connectivity index (χ4v) is 2.82. The second-order valence-corrected chi connectivity index (χ2v) is 6.65. The molecule has 25 heavy (non-hydrogen) atoms. The van der Waals surface area contributed by atoms with Crippen LogP contribution in [-0.2, 0) is 4.79 Å². The lowest BCUT2D eigenvalue weighted by Crippen LogP contribution is -2.18. The van der Waals surface area contributed by atoms with Gasteiger partial charge >= 0.3 is 0 Å². The molecule has 2 rings (SSSR count). The molecule has 2 N–H and O–H groups in total. The average Bonchev–Trinajstić information content (AvgIpc) is 3.15. The maximum absolute atomic E-state index is 12.0. The Bertz CT molecular complexity index is 722. The normalized spacial score (nSPS) is 11.2. The highest BCUT2D eigenvalue weighted by Crippen LogP contribution is 2.14. The average molecular weight is 357 g/mol. The Morgan fingerprint density at radius 1 is 1.12 bits per heavy atom. The number of carbonyl (C=O) groups excluding carboxylic acids is 2. The fraction of sp³-hybridized carbons (Fsp3) is 0.316. The van der Waals surface area contributed by atoms with Crippen LogP contribution in [0.25, 0.3) is 0 Å². The molecule has 0 aliphatic carbocycles. The summed E-state index contributed by atoms with van der Waals surface area (Å²) in [5.74, 6) is -0.180. The van der Waals surface area contributed by atoms with Crippen molar-refractivity contribution in [2.75, 3.05) is 5.32 Å². The molecule has 0 saturated carbocycles. The summed E-state index contributed by atoms with van der Waals surface area (Å²) in [5, 5.41) is 8.86. The number of nitrogens with zero attached hydrogens (tertiary/aromatic N) is 1. The quantitative estimate of drug-likeness (QED) is 0.417. The number of benzene rings is 1. The minimum atomic E-state index is -0.118. The number of hydrogen-bond acceptors (Lipinski definition) is 4. The molecule has 0 aliphatic heterocycles. The molecule has 0 fully saturated rings. The first-order valence-electron chi connectivity index (χ1n) is 8.38. The van der Waals surface area contributed by atoms with E-state index in [0.717, 1.165) is 36.2 Å². The van der Waals surface area contributed by atoms with Crippen molar-refractivity contribution in [1.82, 2.24) is 5.43 Å². The summed E-state index contributed by atoms with van der Waals surface area (Å²) in [7, 11) is 0. The molecule has 0 atom stereocenters. The number of amides is 2. The number of anilines is 1. The highest BCUT2D eigenvalue weighted by molar-refractivity contribution is 7.12. The van der Waals surface area contributed by atoms with Crippen LogP contribution in [0.2, 0.25) is 0 Å². The third-order valence-corrected chi connectivity index (χ3v) is 4.53. The zero-order valence-electron chi connectivity index (χ0n) is 14.5. The maximum Gasteiger partial charge on any atom is 0.265 e. The van der Waals surface area contributed by atoms with E-state index in [1.165, 1.54) is 11.3 Å². The largest absolute Gasteiger partial charge is 0.321 e. The van der Waals surface area contributed by atoms with Crippen LogP contribution in [0, 0.1) is 0 Å². The molecule has 2 aromatic rings. The molecule has 1 aromatic heterocycles. The first kappa shape index (κ1) is 18.9. The topological polar surface area (TPSA) is 70.6 Å². The summed E-state index contributed by atoms with van der Waals surface area (Å²) in [6, 6.07) is 11.0. The van der Waals surface area contributed by atoms with E-state index in [0.29, 0.717) is 11.3 Å². The van der Waals surface area contributed by atoms with Crippen molar-refractivity contribution in [2.45, 2.75) is 39.5 Å². The number of unbranched alkanes of at least 4 members (excludes halogenated alkanes) is 2. The maximum atomic E-state index is 12.0. The van der Waals surface area contributed by atoms with Gasteiger partial charge in [0.1, 0.15) is 0 Å². The summed E-state index contributed by atoms with van der Waals surface area (Å²) >= 11 is 1.40. The highest BCUT2D eigenvalue weighted by atomic mass is 32.1. The zero-order chi connectivity index (χ0) is 18.1. The van der Waals surface area contributed by atoms with Gasteiger partial charge in [-0.2, -0.15) is 5.10 Å². The van der Waals surface area contributed by atoms with Gasteiger partial charge in [0.25, 0.3) is 5.91 Å². The van der Waals surface area contributed by atoms with Gasteiger partial charge in [-0.3, -0.25) is 9.59 Å². The van der Waals surface area contributed by atoms with Crippen LogP contribution in [0.15, 0.2) is 46.9 Å². The van der Waals surface area contributed by atoms with Crippen molar-refractivity contribution in [2.24, 2.45) is 5.10 Å². The summed E-state index contributed by atoms with van der Waals surface area (Å²) in [5.41, 5.74) is 4.92. The van der Waals surface area contributed by atoms with Crippen LogP contribution in [0.5, 0.6) is 0 Å². The van der Waals surface area contributed by atoms with Gasteiger partial charge in [0.2, 0.25) is 5.91 Å². The molecule has 5 nitrogen and oxygen atoms in total. The Morgan fingerprint density at radius 2 is 1.88 bits per heavy atom. The van der Waals surface area contributed by atoms with Gasteiger partial charge in [-0.15, -0.1) is 11.3 Å². The molecule has 0 bridgehead atoms. The van der Waals surface area contributed by atoms with E-state index in [1.54, 1.807) is 6.07 Å². The highest BCUT2D eigenvalue weighted by Gasteiger charge is 2.07. The van der Waals surface area contributed by atoms with Crippen LogP contribution in [0.1, 0.15) is 54.8 Å². The Hall–Kier alpha value is -2.47. The Kier molecular flexibility index (Phi) is 7.35. The van der Waals surface area contributed by atoms with Crippen LogP contribution in [0.4, 0.5) is 5.69 Å². The standard InChI is InChI=1S/C19H23N3O2S/c1-3-4-5-8-18(23)22-21-14(2)15-9-11-16(12-10-15)20-19(24)17-7-6-13-25-17/h6-7,9-13H,3-5,8H2,1-2H3,(H,20,24)(H,22,23)/b21-14-. The monoisotopic (exact) mass is 357 g/mol. The molecule has 132 valence electrons. The van der Waals surface area contributed by atoms with E-state index in [1.807, 2.05) is 42.6 Å². The molecule has 6 heteroatoms. The van der Waals surface area contributed by atoms with E-state index in [4.69, 9.17) is 0 Å². The van der Waals surface area contributed by atoms with Gasteiger partial charge in [-0.1, -0.05) is 38.0 Å². The van der Waals surface area contributed by atoms with Crippen LogP contribution >= 0.6 is 11.3 Å². The third-order valence-electron chi connectivity index (χ3n) is 3.66. The van der Waals surface area contributed by atoms with E-state index >= 15 is 0 Å². The molecule has 0 aliphatic rings. The first-order valence-corrected chi connectivity index (χ1v) is 9.26. The zero-order valence-corrected chi connectivity index (χ0v) is 15.4. The lowest BCUT2D eigenvalue weighted by molar-refractivity contribution is -0.121. The van der Waals surface area contributed by atoms with Gasteiger partial charge in [0.05, 0.1) is 10.6 Å². The van der Waals surface area contributed by atoms with Gasteiger partial charge in [-0.25, -0.2) is 5.43 Å². The molecule has 0 unspecified atom stereocenters. The van der Waals surface area contributed by atoms with E-state index < -0.39 is 0 Å². The van der Waals surface area contributed by atoms with Crippen LogP contribution in [-0.4, -0.2) is 17.5 Å². The van der Waals surface area contributed by atoms with Crippen LogP contribution < -0.4 is 10.7 Å². The minimum absolute atomic E-state index is 0.0624. The van der Waals surface area contributed by atoms with Crippen LogP contribution in [0.3, 0.4) is 0 Å². The first-order chi connectivity index (χ1) is 12.1. The Balaban J connectivity index is 1.89. The number of hydrogen-bond donors (Lipinski definition) is 2. The molecule has 0 spiro atoms. The predicted molar refractivity (Wildman–Crippen MR) is 103 cm³/mol. The fourth-order valence-electron chi connectivity index (χ4n) is 2.20. The number of carbonyl (C=O) groups is 2. The summed E-state index contributed by atoms with van der Waals surface area (Å²) in [6.07, 6.45) is 3.52. The van der Waals surface area contributed by atoms with Gasteiger partial charge in [-0.05, 0) is 42.5 Å². The lowest BCUT2D eigenvalue weighted by Gasteiger charge is -2.06. The summed E-state index contributed by atoms with van der Waals surface area (Å²) in [6.45, 7) is 3.94. The minimum Gasteiger partial charge on any atom is -0.321 e. The third kappa shape index (κ3) is 6.15. The van der Waals surface area contributed by atoms with Crippen molar-refractivity contribution in [3.8, 4) is 0 Å². The van der Waals surface area contributed by atoms with Crippen molar-refractivity contribution < 1.29 is 9.59 Å². The molecule has 1 heterocycles. The molecule has 0 saturated heterocycles. The number of thiophene rings is 1. The SMILES string of the molecule is CCCCCC(=O)N/N=C(/C)c1ccc(NC(=O)c2cccs2)cc1. The molecular weight excluding hydrogens is 334 g/mol. The van der Waals surface area contributed by atoms with Crippen molar-refractivity contribution in [3.63, 3.8) is 0 Å². The van der Waals surface area contributed by atoms with E-state index in [2.05, 4.69) is 22.8 Å². The molecule has 0 radical (unpaired) electrons. The summed E-state index contributed by atoms with van der Waals surface area (Å²) < 4.78 is 0. The smallest absolute Gasteiger partial charge is 0.265 e. The van der Waals surface area contributed by atoms with Gasteiger partial charge < -0.3 is 5.32 Å². The second-order valence-electron chi connectivity index (χ2n) is 5.70. The molecule has 2 amide bonds. The van der Waals surface area contributed by atoms with Crippen molar-refractivity contribution in [3.05, 3.63) is 52.2 Å². The Morgan fingerprint density at radius 3 is 2.52 bits per heavy atom. The van der Waals surface area contributed by atoms with Gasteiger partial charge in [0, 0.05) is 12.1 Å². The number of rotatable bonds is 8. The number of nitrogens with one attached hydrogen (secondary N) is 2. The van der Waals surface area contributed by atoms with E-state index in [-0.39, 0.29) is 11.8 Å². The van der Waals surface area contributed by atoms with Gasteiger partial charge in [0.15, 0.2) is 0 Å². The summed E-state index contributed by atoms with van der Waals surface area (Å²) in [4.78, 5) is 24.4. The van der Waals surface area contributed by atoms with Crippen molar-refractivity contribution in [1.29, 1.82) is 0 Å². The Labute approximate surface area is 152 Å². The lowest BCUT2D eigenvalue weighted by atomic mass is 10.1. The molecular formula is C19H23N3O2S. The predicted octanol–water partition coefficient (Wildman–Crippen LogP) is 4.42. The number of hydrazone groups is 1. The molecule has 1 aromatic carbocycles. The van der Waals surface area contributed by atoms with Crippen molar-refractivity contribution >= 4 is 34.6 Å². The second kappa shape index (κ2) is 9.74.